The summed E-state index contributed by atoms with van der Waals surface area (Å²) in [6, 6.07) is 5.73. The summed E-state index contributed by atoms with van der Waals surface area (Å²) in [5, 5.41) is 5.01. The first-order chi connectivity index (χ1) is 12.2. The Hall–Kier alpha value is -2.54. The molecule has 0 radical (unpaired) electrons. The number of rotatable bonds is 5. The van der Waals surface area contributed by atoms with Crippen molar-refractivity contribution in [2.45, 2.75) is 12.8 Å². The molecule has 3 aromatic rings. The maximum Gasteiger partial charge on any atom is 0.226 e. The lowest BCUT2D eigenvalue weighted by Gasteiger charge is -2.25. The SMILES string of the molecule is COc1ccc2c(c1)OCC(C(=O)NCCc1cn3ccsc3n1)C2. The average Bonchev–Trinajstić information content (AvgIpc) is 3.22. The predicted molar refractivity (Wildman–Crippen MR) is 95.5 cm³/mol. The number of benzene rings is 1. The van der Waals surface area contributed by atoms with Crippen molar-refractivity contribution in [3.8, 4) is 11.5 Å². The molecule has 0 saturated carbocycles. The lowest BCUT2D eigenvalue weighted by molar-refractivity contribution is -0.126. The second-order valence-electron chi connectivity index (χ2n) is 6.05. The van der Waals surface area contributed by atoms with E-state index in [1.807, 2.05) is 40.4 Å². The molecular formula is C18H19N3O3S. The lowest BCUT2D eigenvalue weighted by atomic mass is 9.96. The monoisotopic (exact) mass is 357 g/mol. The van der Waals surface area contributed by atoms with Gasteiger partial charge in [0.15, 0.2) is 4.96 Å². The fourth-order valence-electron chi connectivity index (χ4n) is 3.00. The molecular weight excluding hydrogens is 338 g/mol. The Labute approximate surface area is 149 Å². The Morgan fingerprint density at radius 1 is 1.52 bits per heavy atom. The van der Waals surface area contributed by atoms with Crippen LogP contribution in [0.3, 0.4) is 0 Å². The molecule has 4 rings (SSSR count). The Balaban J connectivity index is 1.31. The Morgan fingerprint density at radius 2 is 2.44 bits per heavy atom. The minimum absolute atomic E-state index is 0.0301. The first kappa shape index (κ1) is 16.0. The molecule has 25 heavy (non-hydrogen) atoms. The van der Waals surface area contributed by atoms with Crippen molar-refractivity contribution in [2.75, 3.05) is 20.3 Å². The summed E-state index contributed by atoms with van der Waals surface area (Å²) in [7, 11) is 1.63. The normalized spacial score (nSPS) is 16.3. The standard InChI is InChI=1S/C18H19N3O3S/c1-23-15-3-2-12-8-13(11-24-16(12)9-15)17(22)19-5-4-14-10-21-6-7-25-18(21)20-14/h2-3,6-7,9-10,13H,4-5,8,11H2,1H3,(H,19,22). The van der Waals surface area contributed by atoms with E-state index in [4.69, 9.17) is 9.47 Å². The van der Waals surface area contributed by atoms with E-state index in [0.717, 1.165) is 34.1 Å². The average molecular weight is 357 g/mol. The van der Waals surface area contributed by atoms with E-state index in [0.29, 0.717) is 19.6 Å². The predicted octanol–water partition coefficient (Wildman–Crippen LogP) is 2.31. The molecule has 2 aromatic heterocycles. The Kier molecular flexibility index (Phi) is 4.31. The van der Waals surface area contributed by atoms with Gasteiger partial charge in [0.1, 0.15) is 18.1 Å². The number of hydrogen-bond acceptors (Lipinski definition) is 5. The van der Waals surface area contributed by atoms with Crippen molar-refractivity contribution >= 4 is 22.2 Å². The highest BCUT2D eigenvalue weighted by atomic mass is 32.1. The number of carbonyl (C=O) groups is 1. The third kappa shape index (κ3) is 3.32. The van der Waals surface area contributed by atoms with Gasteiger partial charge in [0, 0.05) is 36.8 Å². The van der Waals surface area contributed by atoms with Crippen molar-refractivity contribution in [1.29, 1.82) is 0 Å². The molecule has 0 saturated heterocycles. The lowest BCUT2D eigenvalue weighted by Crippen LogP contribution is -2.38. The van der Waals surface area contributed by atoms with Crippen LogP contribution in [0.15, 0.2) is 36.0 Å². The van der Waals surface area contributed by atoms with Crippen LogP contribution in [0.25, 0.3) is 4.96 Å². The van der Waals surface area contributed by atoms with Crippen molar-refractivity contribution in [1.82, 2.24) is 14.7 Å². The zero-order valence-corrected chi connectivity index (χ0v) is 14.7. The van der Waals surface area contributed by atoms with Crippen LogP contribution < -0.4 is 14.8 Å². The third-order valence-electron chi connectivity index (χ3n) is 4.37. The van der Waals surface area contributed by atoms with E-state index in [-0.39, 0.29) is 11.8 Å². The van der Waals surface area contributed by atoms with Crippen LogP contribution in [0.2, 0.25) is 0 Å². The van der Waals surface area contributed by atoms with E-state index >= 15 is 0 Å². The Morgan fingerprint density at radius 3 is 3.28 bits per heavy atom. The van der Waals surface area contributed by atoms with Gasteiger partial charge in [0.2, 0.25) is 5.91 Å². The summed E-state index contributed by atoms with van der Waals surface area (Å²) < 4.78 is 12.9. The molecule has 6 nitrogen and oxygen atoms in total. The van der Waals surface area contributed by atoms with Gasteiger partial charge in [-0.3, -0.25) is 9.20 Å². The zero-order valence-electron chi connectivity index (χ0n) is 13.9. The van der Waals surface area contributed by atoms with Gasteiger partial charge in [0.05, 0.1) is 18.7 Å². The molecule has 0 bridgehead atoms. The second kappa shape index (κ2) is 6.76. The maximum atomic E-state index is 12.4. The number of nitrogens with one attached hydrogen (secondary N) is 1. The highest BCUT2D eigenvalue weighted by Crippen LogP contribution is 2.31. The van der Waals surface area contributed by atoms with E-state index in [9.17, 15) is 4.79 Å². The van der Waals surface area contributed by atoms with Crippen LogP contribution in [0.1, 0.15) is 11.3 Å². The van der Waals surface area contributed by atoms with Crippen molar-refractivity contribution in [2.24, 2.45) is 5.92 Å². The molecule has 1 N–H and O–H groups in total. The summed E-state index contributed by atoms with van der Waals surface area (Å²) in [4.78, 5) is 17.9. The van der Waals surface area contributed by atoms with Crippen LogP contribution in [0.5, 0.6) is 11.5 Å². The van der Waals surface area contributed by atoms with Gasteiger partial charge < -0.3 is 14.8 Å². The molecule has 1 aliphatic rings. The number of imidazole rings is 1. The second-order valence-corrected chi connectivity index (χ2v) is 6.92. The van der Waals surface area contributed by atoms with E-state index < -0.39 is 0 Å². The minimum atomic E-state index is -0.161. The first-order valence-electron chi connectivity index (χ1n) is 8.21. The number of ether oxygens (including phenoxy) is 2. The number of amides is 1. The smallest absolute Gasteiger partial charge is 0.226 e. The molecule has 0 spiro atoms. The number of fused-ring (bicyclic) bond motifs is 2. The first-order valence-corrected chi connectivity index (χ1v) is 9.09. The number of hydrogen-bond donors (Lipinski definition) is 1. The van der Waals surface area contributed by atoms with E-state index in [2.05, 4.69) is 10.3 Å². The largest absolute Gasteiger partial charge is 0.497 e. The van der Waals surface area contributed by atoms with Crippen LogP contribution in [0.4, 0.5) is 0 Å². The minimum Gasteiger partial charge on any atom is -0.497 e. The molecule has 0 aliphatic carbocycles. The molecule has 1 atom stereocenters. The fraction of sp³-hybridized carbons (Fsp3) is 0.333. The molecule has 1 unspecified atom stereocenters. The van der Waals surface area contributed by atoms with Gasteiger partial charge in [-0.2, -0.15) is 0 Å². The van der Waals surface area contributed by atoms with Gasteiger partial charge in [0.25, 0.3) is 0 Å². The van der Waals surface area contributed by atoms with Crippen molar-refractivity contribution in [3.05, 3.63) is 47.2 Å². The molecule has 3 heterocycles. The van der Waals surface area contributed by atoms with Crippen molar-refractivity contribution in [3.63, 3.8) is 0 Å². The van der Waals surface area contributed by atoms with Crippen LogP contribution in [0, 0.1) is 5.92 Å². The number of methoxy groups -OCH3 is 1. The van der Waals surface area contributed by atoms with Gasteiger partial charge in [-0.1, -0.05) is 6.07 Å². The summed E-state index contributed by atoms with van der Waals surface area (Å²) in [5.41, 5.74) is 2.03. The van der Waals surface area contributed by atoms with Crippen LogP contribution in [-0.2, 0) is 17.6 Å². The molecule has 0 fully saturated rings. The quantitative estimate of drug-likeness (QED) is 0.761. The summed E-state index contributed by atoms with van der Waals surface area (Å²) in [6.07, 6.45) is 5.40. The van der Waals surface area contributed by atoms with Gasteiger partial charge in [-0.05, 0) is 18.1 Å². The molecule has 1 aromatic carbocycles. The summed E-state index contributed by atoms with van der Waals surface area (Å²) in [6.45, 7) is 0.974. The third-order valence-corrected chi connectivity index (χ3v) is 5.15. The highest BCUT2D eigenvalue weighted by Gasteiger charge is 2.26. The number of aromatic nitrogens is 2. The maximum absolute atomic E-state index is 12.4. The van der Waals surface area contributed by atoms with Crippen LogP contribution >= 0.6 is 11.3 Å². The van der Waals surface area contributed by atoms with Gasteiger partial charge in [-0.15, -0.1) is 11.3 Å². The number of carbonyl (C=O) groups excluding carboxylic acids is 1. The summed E-state index contributed by atoms with van der Waals surface area (Å²) >= 11 is 1.61. The zero-order chi connectivity index (χ0) is 17.2. The Bertz CT molecular complexity index is 873. The topological polar surface area (TPSA) is 64.9 Å². The molecule has 1 amide bonds. The molecule has 7 heteroatoms. The number of thiazole rings is 1. The van der Waals surface area contributed by atoms with Crippen molar-refractivity contribution < 1.29 is 14.3 Å². The van der Waals surface area contributed by atoms with Crippen LogP contribution in [-0.4, -0.2) is 35.6 Å². The van der Waals surface area contributed by atoms with E-state index in [1.165, 1.54) is 0 Å². The van der Waals surface area contributed by atoms with E-state index in [1.54, 1.807) is 18.4 Å². The molecule has 130 valence electrons. The summed E-state index contributed by atoms with van der Waals surface area (Å²) in [5.74, 6) is 1.44. The number of nitrogens with zero attached hydrogens (tertiary/aromatic N) is 2. The fourth-order valence-corrected chi connectivity index (χ4v) is 3.72. The highest BCUT2D eigenvalue weighted by molar-refractivity contribution is 7.15. The van der Waals surface area contributed by atoms with Gasteiger partial charge >= 0.3 is 0 Å². The molecule has 1 aliphatic heterocycles. The van der Waals surface area contributed by atoms with Gasteiger partial charge in [-0.25, -0.2) is 4.98 Å².